The number of nitrogens with zero attached hydrogens (tertiary/aromatic N) is 1. The van der Waals surface area contributed by atoms with Crippen molar-refractivity contribution in [1.29, 1.82) is 0 Å². The highest BCUT2D eigenvalue weighted by Crippen LogP contribution is 2.00. The fourth-order valence-electron chi connectivity index (χ4n) is 0.942. The lowest BCUT2D eigenvalue weighted by atomic mass is 10.1. The maximum Gasteiger partial charge on any atom is 0.222 e. The van der Waals surface area contributed by atoms with Crippen LogP contribution < -0.4 is 5.73 Å². The van der Waals surface area contributed by atoms with Gasteiger partial charge in [-0.3, -0.25) is 4.79 Å². The maximum atomic E-state index is 11.2. The molecule has 0 aliphatic heterocycles. The third-order valence-electron chi connectivity index (χ3n) is 1.95. The van der Waals surface area contributed by atoms with Gasteiger partial charge in [-0.2, -0.15) is 0 Å². The summed E-state index contributed by atoms with van der Waals surface area (Å²) in [5.41, 5.74) is 5.56. The monoisotopic (exact) mass is 172 g/mol. The number of nitrogens with two attached hydrogens (primary N) is 1. The molecule has 0 spiro atoms. The molecule has 1 atom stereocenters. The van der Waals surface area contributed by atoms with Crippen LogP contribution in [0.5, 0.6) is 0 Å². The van der Waals surface area contributed by atoms with E-state index in [-0.39, 0.29) is 11.9 Å². The minimum absolute atomic E-state index is 0.213. The summed E-state index contributed by atoms with van der Waals surface area (Å²) >= 11 is 0. The van der Waals surface area contributed by atoms with E-state index >= 15 is 0 Å². The van der Waals surface area contributed by atoms with E-state index in [0.717, 1.165) is 19.4 Å². The molecule has 0 saturated carbocycles. The van der Waals surface area contributed by atoms with Gasteiger partial charge in [-0.15, -0.1) is 0 Å². The minimum atomic E-state index is 0.213. The molecule has 12 heavy (non-hydrogen) atoms. The second-order valence-corrected chi connectivity index (χ2v) is 3.28. The molecule has 0 aliphatic rings. The maximum absolute atomic E-state index is 11.2. The SMILES string of the molecule is CCN(C)C(=O)CCCC(C)N. The van der Waals surface area contributed by atoms with E-state index < -0.39 is 0 Å². The topological polar surface area (TPSA) is 46.3 Å². The van der Waals surface area contributed by atoms with Crippen molar-refractivity contribution in [1.82, 2.24) is 4.90 Å². The van der Waals surface area contributed by atoms with E-state index in [4.69, 9.17) is 5.73 Å². The van der Waals surface area contributed by atoms with Crippen LogP contribution >= 0.6 is 0 Å². The highest BCUT2D eigenvalue weighted by Gasteiger charge is 2.05. The molecular weight excluding hydrogens is 152 g/mol. The molecule has 0 radical (unpaired) electrons. The molecule has 3 heteroatoms. The van der Waals surface area contributed by atoms with E-state index in [1.807, 2.05) is 20.9 Å². The largest absolute Gasteiger partial charge is 0.346 e. The summed E-state index contributed by atoms with van der Waals surface area (Å²) in [6.45, 7) is 4.73. The predicted molar refractivity (Wildman–Crippen MR) is 50.8 cm³/mol. The van der Waals surface area contributed by atoms with Crippen molar-refractivity contribution in [2.75, 3.05) is 13.6 Å². The zero-order valence-corrected chi connectivity index (χ0v) is 8.34. The third kappa shape index (κ3) is 5.13. The lowest BCUT2D eigenvalue weighted by Gasteiger charge is -2.14. The molecule has 0 aromatic rings. The van der Waals surface area contributed by atoms with Crippen molar-refractivity contribution < 1.29 is 4.79 Å². The van der Waals surface area contributed by atoms with Gasteiger partial charge in [0.1, 0.15) is 0 Å². The van der Waals surface area contributed by atoms with Gasteiger partial charge in [0.15, 0.2) is 0 Å². The number of hydrogen-bond acceptors (Lipinski definition) is 2. The predicted octanol–water partition coefficient (Wildman–Crippen LogP) is 0.982. The normalized spacial score (nSPS) is 12.7. The van der Waals surface area contributed by atoms with Crippen LogP contribution in [0, 0.1) is 0 Å². The number of amides is 1. The van der Waals surface area contributed by atoms with Crippen molar-refractivity contribution >= 4 is 5.91 Å². The number of carbonyl (C=O) groups is 1. The Morgan fingerprint density at radius 2 is 2.17 bits per heavy atom. The molecule has 3 nitrogen and oxygen atoms in total. The number of carbonyl (C=O) groups excluding carboxylic acids is 1. The molecule has 0 bridgehead atoms. The molecule has 0 heterocycles. The van der Waals surface area contributed by atoms with Crippen molar-refractivity contribution in [3.63, 3.8) is 0 Å². The minimum Gasteiger partial charge on any atom is -0.346 e. The molecule has 1 amide bonds. The quantitative estimate of drug-likeness (QED) is 0.672. The molecular formula is C9H20N2O. The first-order chi connectivity index (χ1) is 5.57. The summed E-state index contributed by atoms with van der Waals surface area (Å²) in [6.07, 6.45) is 2.47. The fourth-order valence-corrected chi connectivity index (χ4v) is 0.942. The van der Waals surface area contributed by atoms with E-state index in [9.17, 15) is 4.79 Å². The average molecular weight is 172 g/mol. The first-order valence-electron chi connectivity index (χ1n) is 4.57. The smallest absolute Gasteiger partial charge is 0.222 e. The second-order valence-electron chi connectivity index (χ2n) is 3.28. The van der Waals surface area contributed by atoms with Gasteiger partial charge in [-0.25, -0.2) is 0 Å². The highest BCUT2D eigenvalue weighted by molar-refractivity contribution is 5.75. The van der Waals surface area contributed by atoms with Crippen LogP contribution in [0.3, 0.4) is 0 Å². The van der Waals surface area contributed by atoms with Crippen LogP contribution in [0.2, 0.25) is 0 Å². The van der Waals surface area contributed by atoms with Gasteiger partial charge < -0.3 is 10.6 Å². The summed E-state index contributed by atoms with van der Waals surface area (Å²) in [5.74, 6) is 0.221. The Kier molecular flexibility index (Phi) is 5.72. The lowest BCUT2D eigenvalue weighted by molar-refractivity contribution is -0.129. The van der Waals surface area contributed by atoms with Crippen LogP contribution in [-0.4, -0.2) is 30.4 Å². The first kappa shape index (κ1) is 11.4. The molecule has 0 rings (SSSR count). The Balaban J connectivity index is 3.44. The van der Waals surface area contributed by atoms with Crippen LogP contribution in [0.15, 0.2) is 0 Å². The van der Waals surface area contributed by atoms with E-state index in [0.29, 0.717) is 6.42 Å². The van der Waals surface area contributed by atoms with Gasteiger partial charge in [-0.1, -0.05) is 0 Å². The van der Waals surface area contributed by atoms with Gasteiger partial charge in [-0.05, 0) is 26.7 Å². The molecule has 0 aliphatic carbocycles. The van der Waals surface area contributed by atoms with Crippen LogP contribution in [0.4, 0.5) is 0 Å². The molecule has 0 fully saturated rings. The molecule has 0 aromatic carbocycles. The van der Waals surface area contributed by atoms with Gasteiger partial charge in [0, 0.05) is 26.1 Å². The lowest BCUT2D eigenvalue weighted by Crippen LogP contribution is -2.26. The second kappa shape index (κ2) is 6.00. The first-order valence-corrected chi connectivity index (χ1v) is 4.57. The van der Waals surface area contributed by atoms with Crippen LogP contribution in [0.25, 0.3) is 0 Å². The summed E-state index contributed by atoms with van der Waals surface area (Å²) in [5, 5.41) is 0. The van der Waals surface area contributed by atoms with Crippen molar-refractivity contribution in [2.45, 2.75) is 39.2 Å². The van der Waals surface area contributed by atoms with Gasteiger partial charge in [0.2, 0.25) is 5.91 Å². The molecule has 0 aromatic heterocycles. The summed E-state index contributed by atoms with van der Waals surface area (Å²) in [4.78, 5) is 13.0. The van der Waals surface area contributed by atoms with Gasteiger partial charge in [0.05, 0.1) is 0 Å². The Labute approximate surface area is 74.9 Å². The molecule has 72 valence electrons. The Morgan fingerprint density at radius 3 is 2.58 bits per heavy atom. The third-order valence-corrected chi connectivity index (χ3v) is 1.95. The van der Waals surface area contributed by atoms with Gasteiger partial charge in [0.25, 0.3) is 0 Å². The van der Waals surface area contributed by atoms with Crippen LogP contribution in [-0.2, 0) is 4.79 Å². The Morgan fingerprint density at radius 1 is 1.58 bits per heavy atom. The van der Waals surface area contributed by atoms with E-state index in [1.54, 1.807) is 4.90 Å². The average Bonchev–Trinajstić information content (AvgIpc) is 2.02. The van der Waals surface area contributed by atoms with Crippen molar-refractivity contribution in [2.24, 2.45) is 5.73 Å². The Hall–Kier alpha value is -0.570. The zero-order valence-electron chi connectivity index (χ0n) is 8.34. The van der Waals surface area contributed by atoms with Crippen molar-refractivity contribution in [3.05, 3.63) is 0 Å². The standard InChI is InChI=1S/C9H20N2O/c1-4-11(3)9(12)7-5-6-8(2)10/h8H,4-7,10H2,1-3H3. The van der Waals surface area contributed by atoms with Crippen LogP contribution in [0.1, 0.15) is 33.1 Å². The van der Waals surface area contributed by atoms with E-state index in [1.165, 1.54) is 0 Å². The molecule has 2 N–H and O–H groups in total. The summed E-state index contributed by atoms with van der Waals surface area (Å²) < 4.78 is 0. The fraction of sp³-hybridized carbons (Fsp3) is 0.889. The van der Waals surface area contributed by atoms with Gasteiger partial charge >= 0.3 is 0 Å². The van der Waals surface area contributed by atoms with E-state index in [2.05, 4.69) is 0 Å². The zero-order chi connectivity index (χ0) is 9.56. The summed E-state index contributed by atoms with van der Waals surface area (Å²) in [7, 11) is 1.83. The highest BCUT2D eigenvalue weighted by atomic mass is 16.2. The number of rotatable bonds is 5. The summed E-state index contributed by atoms with van der Waals surface area (Å²) in [6, 6.07) is 0.213. The number of hydrogen-bond donors (Lipinski definition) is 1. The Bertz CT molecular complexity index is 134. The molecule has 0 saturated heterocycles. The van der Waals surface area contributed by atoms with Crippen molar-refractivity contribution in [3.8, 4) is 0 Å². The molecule has 1 unspecified atom stereocenters.